The smallest absolute Gasteiger partial charge is 0.331 e. The van der Waals surface area contributed by atoms with Crippen molar-refractivity contribution >= 4 is 29.2 Å². The largest absolute Gasteiger partial charge is 0.479 e. The summed E-state index contributed by atoms with van der Waals surface area (Å²) in [5.41, 5.74) is -0.719. The van der Waals surface area contributed by atoms with Gasteiger partial charge in [-0.05, 0) is 42.0 Å². The van der Waals surface area contributed by atoms with Crippen molar-refractivity contribution in [1.82, 2.24) is 20.2 Å². The van der Waals surface area contributed by atoms with E-state index in [1.165, 1.54) is 4.68 Å². The Morgan fingerprint density at radius 1 is 1.45 bits per heavy atom. The average molecular weight is 315 g/mol. The molecule has 1 heterocycles. The first-order chi connectivity index (χ1) is 9.40. The first-order valence-electron chi connectivity index (χ1n) is 5.88. The van der Waals surface area contributed by atoms with Crippen LogP contribution in [0.2, 0.25) is 10.0 Å². The number of aliphatic carboxylic acids is 1. The van der Waals surface area contributed by atoms with Gasteiger partial charge in [-0.25, -0.2) is 9.48 Å². The van der Waals surface area contributed by atoms with Crippen LogP contribution < -0.4 is 0 Å². The first kappa shape index (κ1) is 14.7. The van der Waals surface area contributed by atoms with Crippen LogP contribution in [0.4, 0.5) is 0 Å². The molecule has 0 spiro atoms. The fourth-order valence-corrected chi connectivity index (χ4v) is 2.24. The van der Waals surface area contributed by atoms with Crippen LogP contribution in [0.5, 0.6) is 0 Å². The van der Waals surface area contributed by atoms with Gasteiger partial charge in [0.1, 0.15) is 0 Å². The molecule has 106 valence electrons. The fourth-order valence-electron chi connectivity index (χ4n) is 1.75. The topological polar surface area (TPSA) is 80.9 Å². The van der Waals surface area contributed by atoms with Crippen LogP contribution >= 0.6 is 23.2 Å². The monoisotopic (exact) mass is 314 g/mol. The SMILES string of the molecule is CCC(C)(C(=O)O)n1nnnc1-c1ccc(Cl)cc1Cl. The zero-order valence-electron chi connectivity index (χ0n) is 10.8. The van der Waals surface area contributed by atoms with Gasteiger partial charge >= 0.3 is 5.97 Å². The number of rotatable bonds is 4. The Morgan fingerprint density at radius 2 is 2.15 bits per heavy atom. The zero-order chi connectivity index (χ0) is 14.9. The van der Waals surface area contributed by atoms with E-state index in [4.69, 9.17) is 23.2 Å². The van der Waals surface area contributed by atoms with Gasteiger partial charge in [-0.3, -0.25) is 0 Å². The molecular formula is C12H12Cl2N4O2. The van der Waals surface area contributed by atoms with Crippen LogP contribution in [-0.2, 0) is 10.3 Å². The number of hydrogen-bond donors (Lipinski definition) is 1. The number of tetrazole rings is 1. The number of benzene rings is 1. The molecule has 6 nitrogen and oxygen atoms in total. The van der Waals surface area contributed by atoms with Crippen molar-refractivity contribution in [3.05, 3.63) is 28.2 Å². The Morgan fingerprint density at radius 3 is 2.70 bits per heavy atom. The summed E-state index contributed by atoms with van der Waals surface area (Å²) in [5.74, 6) is -0.725. The Bertz CT molecular complexity index is 659. The lowest BCUT2D eigenvalue weighted by atomic mass is 9.99. The minimum atomic E-state index is -1.25. The van der Waals surface area contributed by atoms with Gasteiger partial charge < -0.3 is 5.11 Å². The summed E-state index contributed by atoms with van der Waals surface area (Å²) in [5, 5.41) is 21.5. The van der Waals surface area contributed by atoms with E-state index >= 15 is 0 Å². The van der Waals surface area contributed by atoms with E-state index in [0.717, 1.165) is 0 Å². The number of carboxylic acid groups (broad SMARTS) is 1. The van der Waals surface area contributed by atoms with Gasteiger partial charge in [-0.1, -0.05) is 30.1 Å². The van der Waals surface area contributed by atoms with Crippen LogP contribution in [0, 0.1) is 0 Å². The van der Waals surface area contributed by atoms with Crippen molar-refractivity contribution in [2.24, 2.45) is 0 Å². The highest BCUT2D eigenvalue weighted by Gasteiger charge is 2.37. The summed E-state index contributed by atoms with van der Waals surface area (Å²) in [6.45, 7) is 3.31. The van der Waals surface area contributed by atoms with E-state index in [2.05, 4.69) is 15.5 Å². The van der Waals surface area contributed by atoms with Crippen molar-refractivity contribution in [2.75, 3.05) is 0 Å². The molecule has 1 aromatic heterocycles. The zero-order valence-corrected chi connectivity index (χ0v) is 12.4. The van der Waals surface area contributed by atoms with E-state index in [1.54, 1.807) is 32.0 Å². The van der Waals surface area contributed by atoms with Crippen LogP contribution in [0.15, 0.2) is 18.2 Å². The van der Waals surface area contributed by atoms with Crippen LogP contribution in [-0.4, -0.2) is 31.3 Å². The molecule has 0 radical (unpaired) electrons. The molecule has 2 aromatic rings. The predicted octanol–water partition coefficient (Wildman–Crippen LogP) is 2.86. The predicted molar refractivity (Wildman–Crippen MR) is 74.8 cm³/mol. The summed E-state index contributed by atoms with van der Waals surface area (Å²) in [6, 6.07) is 4.86. The minimum absolute atomic E-state index is 0.290. The molecule has 8 heteroatoms. The quantitative estimate of drug-likeness (QED) is 0.938. The van der Waals surface area contributed by atoms with Gasteiger partial charge in [0.2, 0.25) is 0 Å². The molecule has 2 rings (SSSR count). The van der Waals surface area contributed by atoms with Gasteiger partial charge in [-0.15, -0.1) is 5.10 Å². The van der Waals surface area contributed by atoms with E-state index < -0.39 is 11.5 Å². The van der Waals surface area contributed by atoms with E-state index in [9.17, 15) is 9.90 Å². The summed E-state index contributed by atoms with van der Waals surface area (Å²) in [7, 11) is 0. The molecule has 0 amide bonds. The summed E-state index contributed by atoms with van der Waals surface area (Å²) < 4.78 is 1.27. The van der Waals surface area contributed by atoms with E-state index in [0.29, 0.717) is 27.9 Å². The molecule has 1 aromatic carbocycles. The number of nitrogens with zero attached hydrogens (tertiary/aromatic N) is 4. The second-order valence-electron chi connectivity index (χ2n) is 4.47. The van der Waals surface area contributed by atoms with Crippen molar-refractivity contribution in [3.63, 3.8) is 0 Å². The summed E-state index contributed by atoms with van der Waals surface area (Å²) >= 11 is 12.0. The average Bonchev–Trinajstić information content (AvgIpc) is 2.87. The molecule has 0 saturated carbocycles. The lowest BCUT2D eigenvalue weighted by Gasteiger charge is -2.24. The third-order valence-electron chi connectivity index (χ3n) is 3.26. The molecule has 0 aliphatic heterocycles. The maximum Gasteiger partial charge on any atom is 0.331 e. The number of hydrogen-bond acceptors (Lipinski definition) is 4. The molecule has 0 saturated heterocycles. The van der Waals surface area contributed by atoms with Gasteiger partial charge in [-0.2, -0.15) is 0 Å². The van der Waals surface area contributed by atoms with Crippen LogP contribution in [0.25, 0.3) is 11.4 Å². The highest BCUT2D eigenvalue weighted by atomic mass is 35.5. The fraction of sp³-hybridized carbons (Fsp3) is 0.333. The molecule has 1 unspecified atom stereocenters. The molecule has 0 fully saturated rings. The van der Waals surface area contributed by atoms with Crippen molar-refractivity contribution < 1.29 is 9.90 Å². The van der Waals surface area contributed by atoms with Gasteiger partial charge in [0.15, 0.2) is 11.4 Å². The molecule has 0 aliphatic rings. The lowest BCUT2D eigenvalue weighted by molar-refractivity contribution is -0.147. The molecule has 1 atom stereocenters. The van der Waals surface area contributed by atoms with Gasteiger partial charge in [0, 0.05) is 10.6 Å². The number of carboxylic acids is 1. The number of aromatic nitrogens is 4. The Balaban J connectivity index is 2.61. The maximum atomic E-state index is 11.5. The first-order valence-corrected chi connectivity index (χ1v) is 6.63. The van der Waals surface area contributed by atoms with Crippen LogP contribution in [0.1, 0.15) is 20.3 Å². The third-order valence-corrected chi connectivity index (χ3v) is 3.81. The Hall–Kier alpha value is -1.66. The lowest BCUT2D eigenvalue weighted by Crippen LogP contribution is -2.39. The van der Waals surface area contributed by atoms with E-state index in [1.807, 2.05) is 0 Å². The molecule has 20 heavy (non-hydrogen) atoms. The molecule has 0 aliphatic carbocycles. The normalized spacial score (nSPS) is 14.0. The number of halogens is 2. The van der Waals surface area contributed by atoms with Gasteiger partial charge in [0.05, 0.1) is 5.02 Å². The standard InChI is InChI=1S/C12H12Cl2N4O2/c1-3-12(2,11(19)20)18-10(15-16-17-18)8-5-4-7(13)6-9(8)14/h4-6H,3H2,1-2H3,(H,19,20). The van der Waals surface area contributed by atoms with Crippen molar-refractivity contribution in [1.29, 1.82) is 0 Å². The molecular weight excluding hydrogens is 303 g/mol. The highest BCUT2D eigenvalue weighted by molar-refractivity contribution is 6.36. The van der Waals surface area contributed by atoms with Crippen molar-refractivity contribution in [2.45, 2.75) is 25.8 Å². The van der Waals surface area contributed by atoms with E-state index in [-0.39, 0.29) is 0 Å². The highest BCUT2D eigenvalue weighted by Crippen LogP contribution is 2.32. The summed E-state index contributed by atoms with van der Waals surface area (Å²) in [6.07, 6.45) is 0.325. The maximum absolute atomic E-state index is 11.5. The molecule has 1 N–H and O–H groups in total. The second kappa shape index (κ2) is 5.38. The number of carbonyl (C=O) groups is 1. The second-order valence-corrected chi connectivity index (χ2v) is 5.31. The van der Waals surface area contributed by atoms with Gasteiger partial charge in [0.25, 0.3) is 0 Å². The van der Waals surface area contributed by atoms with Crippen molar-refractivity contribution in [3.8, 4) is 11.4 Å². The van der Waals surface area contributed by atoms with Crippen LogP contribution in [0.3, 0.4) is 0 Å². The Labute approximate surface area is 125 Å². The third kappa shape index (κ3) is 2.36. The minimum Gasteiger partial charge on any atom is -0.479 e. The summed E-state index contributed by atoms with van der Waals surface area (Å²) in [4.78, 5) is 11.5. The molecule has 0 bridgehead atoms. The Kier molecular flexibility index (Phi) is 3.96.